The molecule has 2 fully saturated rings. The first kappa shape index (κ1) is 17.7. The molecule has 27 heavy (non-hydrogen) atoms. The number of fused-ring (bicyclic) bond motifs is 2. The Hall–Kier alpha value is -2.70. The zero-order valence-corrected chi connectivity index (χ0v) is 15.9. The molecular weight excluding hydrogens is 346 g/mol. The lowest BCUT2D eigenvalue weighted by Crippen LogP contribution is -2.47. The van der Waals surface area contributed by atoms with Gasteiger partial charge in [0.1, 0.15) is 0 Å². The molecule has 0 aliphatic carbocycles. The topological polar surface area (TPSA) is 65.8 Å². The van der Waals surface area contributed by atoms with Crippen molar-refractivity contribution in [2.24, 2.45) is 0 Å². The Morgan fingerprint density at radius 3 is 2.26 bits per heavy atom. The van der Waals surface area contributed by atoms with Gasteiger partial charge in [0.15, 0.2) is 11.5 Å². The standard InChI is InChI=1S/C20H25N3O4/c1-25-17-8-7-16(18(26-2)19(17)27-3)20(24)23-13-5-6-14(23)12-15(11-13)22-10-4-9-21-22/h4,7-10,13-15H,5-6,11-12H2,1-3H3. The summed E-state index contributed by atoms with van der Waals surface area (Å²) in [5.41, 5.74) is 0.518. The SMILES string of the molecule is COc1ccc(C(=O)N2C3CCC2CC(n2cccn2)C3)c(OC)c1OC. The largest absolute Gasteiger partial charge is 0.493 e. The van der Waals surface area contributed by atoms with Crippen LogP contribution in [0.4, 0.5) is 0 Å². The van der Waals surface area contributed by atoms with Crippen molar-refractivity contribution < 1.29 is 19.0 Å². The van der Waals surface area contributed by atoms with Crippen LogP contribution in [0.5, 0.6) is 17.2 Å². The lowest BCUT2D eigenvalue weighted by atomic mass is 9.96. The first-order valence-corrected chi connectivity index (χ1v) is 9.28. The molecule has 2 bridgehead atoms. The van der Waals surface area contributed by atoms with Gasteiger partial charge in [-0.15, -0.1) is 0 Å². The van der Waals surface area contributed by atoms with Crippen molar-refractivity contribution in [3.05, 3.63) is 36.2 Å². The van der Waals surface area contributed by atoms with Crippen molar-refractivity contribution in [2.75, 3.05) is 21.3 Å². The molecule has 2 unspecified atom stereocenters. The van der Waals surface area contributed by atoms with Crippen LogP contribution >= 0.6 is 0 Å². The highest BCUT2D eigenvalue weighted by molar-refractivity contribution is 5.99. The fourth-order valence-electron chi connectivity index (χ4n) is 4.60. The van der Waals surface area contributed by atoms with Crippen LogP contribution in [-0.2, 0) is 0 Å². The second kappa shape index (κ2) is 7.13. The monoisotopic (exact) mass is 371 g/mol. The molecule has 4 rings (SSSR count). The third-order valence-corrected chi connectivity index (χ3v) is 5.78. The van der Waals surface area contributed by atoms with Gasteiger partial charge in [-0.2, -0.15) is 5.10 Å². The number of hydrogen-bond acceptors (Lipinski definition) is 5. The minimum absolute atomic E-state index is 0.000724. The van der Waals surface area contributed by atoms with E-state index in [1.54, 1.807) is 33.5 Å². The van der Waals surface area contributed by atoms with Gasteiger partial charge in [-0.1, -0.05) is 0 Å². The Bertz CT molecular complexity index is 807. The first-order chi connectivity index (χ1) is 13.2. The van der Waals surface area contributed by atoms with Gasteiger partial charge in [0.2, 0.25) is 5.75 Å². The van der Waals surface area contributed by atoms with Crippen molar-refractivity contribution in [3.63, 3.8) is 0 Å². The molecule has 0 radical (unpaired) electrons. The molecule has 7 nitrogen and oxygen atoms in total. The summed E-state index contributed by atoms with van der Waals surface area (Å²) in [6.07, 6.45) is 7.75. The van der Waals surface area contributed by atoms with Crippen LogP contribution in [0, 0.1) is 0 Å². The molecule has 3 heterocycles. The molecule has 7 heteroatoms. The third kappa shape index (κ3) is 2.91. The summed E-state index contributed by atoms with van der Waals surface area (Å²) < 4.78 is 18.3. The zero-order chi connectivity index (χ0) is 19.0. The predicted octanol–water partition coefficient (Wildman–Crippen LogP) is 2.92. The third-order valence-electron chi connectivity index (χ3n) is 5.78. The summed E-state index contributed by atoms with van der Waals surface area (Å²) in [6.45, 7) is 0. The quantitative estimate of drug-likeness (QED) is 0.809. The predicted molar refractivity (Wildman–Crippen MR) is 99.6 cm³/mol. The number of benzene rings is 1. The maximum Gasteiger partial charge on any atom is 0.258 e. The summed E-state index contributed by atoms with van der Waals surface area (Å²) in [7, 11) is 4.67. The van der Waals surface area contributed by atoms with E-state index in [1.807, 2.05) is 28.0 Å². The van der Waals surface area contributed by atoms with E-state index in [1.165, 1.54) is 0 Å². The molecule has 1 amide bonds. The van der Waals surface area contributed by atoms with Gasteiger partial charge in [0, 0.05) is 24.5 Å². The number of piperidine rings is 1. The first-order valence-electron chi connectivity index (χ1n) is 9.28. The number of aromatic nitrogens is 2. The van der Waals surface area contributed by atoms with Crippen molar-refractivity contribution in [3.8, 4) is 17.2 Å². The number of carbonyl (C=O) groups excluding carboxylic acids is 1. The average Bonchev–Trinajstić information content (AvgIpc) is 3.32. The van der Waals surface area contributed by atoms with Crippen LogP contribution in [0.2, 0.25) is 0 Å². The minimum Gasteiger partial charge on any atom is -0.493 e. The van der Waals surface area contributed by atoms with Crippen LogP contribution in [0.3, 0.4) is 0 Å². The van der Waals surface area contributed by atoms with Crippen molar-refractivity contribution in [1.82, 2.24) is 14.7 Å². The van der Waals surface area contributed by atoms with Gasteiger partial charge in [-0.3, -0.25) is 9.48 Å². The van der Waals surface area contributed by atoms with Crippen molar-refractivity contribution >= 4 is 5.91 Å². The molecule has 2 saturated heterocycles. The second-order valence-corrected chi connectivity index (χ2v) is 7.09. The summed E-state index contributed by atoms with van der Waals surface area (Å²) >= 11 is 0. The van der Waals surface area contributed by atoms with Gasteiger partial charge in [0.25, 0.3) is 5.91 Å². The van der Waals surface area contributed by atoms with E-state index in [9.17, 15) is 4.79 Å². The van der Waals surface area contributed by atoms with E-state index in [0.29, 0.717) is 28.9 Å². The number of ether oxygens (including phenoxy) is 3. The number of amides is 1. The fourth-order valence-corrected chi connectivity index (χ4v) is 4.60. The number of methoxy groups -OCH3 is 3. The van der Waals surface area contributed by atoms with Gasteiger partial charge < -0.3 is 19.1 Å². The molecule has 1 aromatic carbocycles. The Morgan fingerprint density at radius 2 is 1.70 bits per heavy atom. The molecule has 2 aliphatic heterocycles. The summed E-state index contributed by atoms with van der Waals surface area (Å²) in [4.78, 5) is 15.5. The highest BCUT2D eigenvalue weighted by Crippen LogP contribution is 2.44. The molecule has 0 spiro atoms. The van der Waals surface area contributed by atoms with Gasteiger partial charge in [0.05, 0.1) is 32.9 Å². The zero-order valence-electron chi connectivity index (χ0n) is 15.9. The van der Waals surface area contributed by atoms with E-state index in [4.69, 9.17) is 14.2 Å². The van der Waals surface area contributed by atoms with E-state index in [2.05, 4.69) is 5.10 Å². The van der Waals surface area contributed by atoms with Gasteiger partial charge in [-0.05, 0) is 43.9 Å². The Labute approximate surface area is 158 Å². The lowest BCUT2D eigenvalue weighted by Gasteiger charge is -2.39. The van der Waals surface area contributed by atoms with Crippen LogP contribution in [0.15, 0.2) is 30.6 Å². The summed E-state index contributed by atoms with van der Waals surface area (Å²) in [5, 5.41) is 4.40. The molecule has 2 aromatic rings. The summed E-state index contributed by atoms with van der Waals surface area (Å²) in [5.74, 6) is 1.42. The molecule has 1 aromatic heterocycles. The Kier molecular flexibility index (Phi) is 4.68. The number of rotatable bonds is 5. The van der Waals surface area contributed by atoms with Gasteiger partial charge >= 0.3 is 0 Å². The summed E-state index contributed by atoms with van der Waals surface area (Å²) in [6, 6.07) is 6.28. The maximum atomic E-state index is 13.4. The molecule has 144 valence electrons. The highest BCUT2D eigenvalue weighted by Gasteiger charge is 2.44. The van der Waals surface area contributed by atoms with Crippen molar-refractivity contribution in [2.45, 2.75) is 43.8 Å². The molecule has 2 aliphatic rings. The maximum absolute atomic E-state index is 13.4. The lowest BCUT2D eigenvalue weighted by molar-refractivity contribution is 0.0520. The van der Waals surface area contributed by atoms with Crippen molar-refractivity contribution in [1.29, 1.82) is 0 Å². The smallest absolute Gasteiger partial charge is 0.258 e. The number of hydrogen-bond donors (Lipinski definition) is 0. The second-order valence-electron chi connectivity index (χ2n) is 7.09. The average molecular weight is 371 g/mol. The van der Waals surface area contributed by atoms with Crippen LogP contribution in [0.25, 0.3) is 0 Å². The molecule has 0 N–H and O–H groups in total. The Balaban J connectivity index is 1.63. The van der Waals surface area contributed by atoms with Crippen LogP contribution in [0.1, 0.15) is 42.1 Å². The number of nitrogens with zero attached hydrogens (tertiary/aromatic N) is 3. The molecule has 0 saturated carbocycles. The van der Waals surface area contributed by atoms with E-state index in [-0.39, 0.29) is 18.0 Å². The highest BCUT2D eigenvalue weighted by atomic mass is 16.5. The Morgan fingerprint density at radius 1 is 1.00 bits per heavy atom. The normalized spacial score (nSPS) is 24.0. The van der Waals surface area contributed by atoms with E-state index >= 15 is 0 Å². The molecular formula is C20H25N3O4. The van der Waals surface area contributed by atoms with Crippen LogP contribution < -0.4 is 14.2 Å². The minimum atomic E-state index is -0.000724. The van der Waals surface area contributed by atoms with E-state index < -0.39 is 0 Å². The number of carbonyl (C=O) groups is 1. The fraction of sp³-hybridized carbons (Fsp3) is 0.500. The van der Waals surface area contributed by atoms with Crippen LogP contribution in [-0.4, -0.2) is 54.0 Å². The van der Waals surface area contributed by atoms with E-state index in [0.717, 1.165) is 25.7 Å². The molecule has 2 atom stereocenters. The van der Waals surface area contributed by atoms with Gasteiger partial charge in [-0.25, -0.2) is 0 Å².